The van der Waals surface area contributed by atoms with Crippen molar-refractivity contribution >= 4 is 41.0 Å². The van der Waals surface area contributed by atoms with Gasteiger partial charge in [-0.2, -0.15) is 0 Å². The summed E-state index contributed by atoms with van der Waals surface area (Å²) in [5, 5.41) is 9.22. The van der Waals surface area contributed by atoms with Crippen molar-refractivity contribution in [2.45, 2.75) is 0 Å². The molecule has 0 radical (unpaired) electrons. The Hall–Kier alpha value is -4.17. The van der Waals surface area contributed by atoms with Gasteiger partial charge >= 0.3 is 5.97 Å². The quantitative estimate of drug-likeness (QED) is 0.409. The van der Waals surface area contributed by atoms with E-state index in [2.05, 4.69) is 0 Å². The molecule has 1 fully saturated rings. The second kappa shape index (κ2) is 9.54. The number of carboxylic acids is 1. The number of thiocarbonyl (C=S) groups is 1. The Morgan fingerprint density at radius 1 is 0.970 bits per heavy atom. The van der Waals surface area contributed by atoms with E-state index in [0.29, 0.717) is 39.3 Å². The van der Waals surface area contributed by atoms with Gasteiger partial charge < -0.3 is 19.5 Å². The van der Waals surface area contributed by atoms with E-state index >= 15 is 0 Å². The largest absolute Gasteiger partial charge is 0.481 e. The topological polar surface area (TPSA) is 79.3 Å². The Labute approximate surface area is 196 Å². The van der Waals surface area contributed by atoms with Crippen LogP contribution in [0.3, 0.4) is 0 Å². The van der Waals surface area contributed by atoms with Crippen LogP contribution in [0.25, 0.3) is 6.08 Å². The summed E-state index contributed by atoms with van der Waals surface area (Å²) in [5.41, 5.74) is 1.53. The van der Waals surface area contributed by atoms with E-state index in [-0.39, 0.29) is 5.91 Å². The number of carboxylic acid groups (broad SMARTS) is 1. The van der Waals surface area contributed by atoms with Gasteiger partial charge in [0, 0.05) is 12.6 Å². The van der Waals surface area contributed by atoms with Crippen LogP contribution in [0.15, 0.2) is 84.6 Å². The lowest BCUT2D eigenvalue weighted by molar-refractivity contribution is -0.139. The first-order valence-corrected chi connectivity index (χ1v) is 10.5. The van der Waals surface area contributed by atoms with Gasteiger partial charge in [0.05, 0.1) is 5.69 Å². The Balaban J connectivity index is 1.57. The molecule has 7 nitrogen and oxygen atoms in total. The summed E-state index contributed by atoms with van der Waals surface area (Å²) in [4.78, 5) is 27.2. The molecule has 1 N–H and O–H groups in total. The number of anilines is 1. The van der Waals surface area contributed by atoms with Crippen LogP contribution >= 0.6 is 12.2 Å². The Bertz CT molecular complexity index is 1230. The summed E-state index contributed by atoms with van der Waals surface area (Å²) in [5.74, 6) is 0.328. The molecule has 0 unspecified atom stereocenters. The smallest absolute Gasteiger partial charge is 0.341 e. The average molecular weight is 461 g/mol. The third kappa shape index (κ3) is 4.86. The van der Waals surface area contributed by atoms with Crippen LogP contribution in [0.1, 0.15) is 5.56 Å². The first-order chi connectivity index (χ1) is 15.9. The molecule has 0 atom stereocenters. The summed E-state index contributed by atoms with van der Waals surface area (Å²) < 4.78 is 11.2. The Morgan fingerprint density at radius 2 is 1.61 bits per heavy atom. The van der Waals surface area contributed by atoms with Crippen LogP contribution in [0.5, 0.6) is 17.2 Å². The maximum Gasteiger partial charge on any atom is 0.341 e. The third-order valence-electron chi connectivity index (χ3n) is 4.90. The normalized spacial score (nSPS) is 14.6. The first kappa shape index (κ1) is 22.0. The van der Waals surface area contributed by atoms with Gasteiger partial charge in [0.1, 0.15) is 22.9 Å². The van der Waals surface area contributed by atoms with Gasteiger partial charge in [-0.15, -0.1) is 0 Å². The number of hydrogen-bond donors (Lipinski definition) is 1. The molecule has 0 aromatic heterocycles. The molecule has 1 amide bonds. The van der Waals surface area contributed by atoms with Crippen LogP contribution in [-0.4, -0.2) is 40.6 Å². The average Bonchev–Trinajstić information content (AvgIpc) is 3.03. The molecule has 0 spiro atoms. The molecule has 1 heterocycles. The molecule has 1 saturated heterocycles. The van der Waals surface area contributed by atoms with Gasteiger partial charge in [-0.1, -0.05) is 36.4 Å². The van der Waals surface area contributed by atoms with Gasteiger partial charge in [0.25, 0.3) is 5.91 Å². The molecular weight excluding hydrogens is 440 g/mol. The highest BCUT2D eigenvalue weighted by molar-refractivity contribution is 7.80. The van der Waals surface area contributed by atoms with E-state index in [0.717, 1.165) is 0 Å². The molecule has 0 saturated carbocycles. The lowest BCUT2D eigenvalue weighted by atomic mass is 10.1. The fraction of sp³-hybridized carbons (Fsp3) is 0.0800. The molecule has 3 aromatic carbocycles. The number of amides is 1. The van der Waals surface area contributed by atoms with Crippen LogP contribution in [-0.2, 0) is 9.59 Å². The standard InChI is InChI=1S/C25H20N2O5S/c1-26-21(15-17-7-5-6-10-22(17)31-16-23(28)29)24(30)27(25(26)33)18-11-13-20(14-12-18)32-19-8-3-2-4-9-19/h2-15H,16H2,1H3,(H,28,29)/b21-15+. The predicted molar refractivity (Wildman–Crippen MR) is 128 cm³/mol. The molecule has 1 aliphatic heterocycles. The second-order valence-electron chi connectivity index (χ2n) is 7.14. The van der Waals surface area contributed by atoms with Crippen molar-refractivity contribution in [3.05, 3.63) is 90.1 Å². The molecule has 1 aliphatic rings. The zero-order valence-corrected chi connectivity index (χ0v) is 18.5. The molecular formula is C25H20N2O5S. The number of rotatable bonds is 7. The third-order valence-corrected chi connectivity index (χ3v) is 5.35. The first-order valence-electron chi connectivity index (χ1n) is 10.0. The zero-order valence-electron chi connectivity index (χ0n) is 17.7. The summed E-state index contributed by atoms with van der Waals surface area (Å²) in [6.45, 7) is -0.480. The predicted octanol–water partition coefficient (Wildman–Crippen LogP) is 4.55. The van der Waals surface area contributed by atoms with E-state index in [1.54, 1.807) is 66.6 Å². The Morgan fingerprint density at radius 3 is 2.30 bits per heavy atom. The fourth-order valence-electron chi connectivity index (χ4n) is 3.29. The monoisotopic (exact) mass is 460 g/mol. The summed E-state index contributed by atoms with van der Waals surface area (Å²) in [6.07, 6.45) is 1.64. The van der Waals surface area contributed by atoms with Gasteiger partial charge in [-0.05, 0) is 60.8 Å². The van der Waals surface area contributed by atoms with E-state index in [4.69, 9.17) is 26.8 Å². The number of hydrogen-bond acceptors (Lipinski definition) is 5. The van der Waals surface area contributed by atoms with Crippen molar-refractivity contribution < 1.29 is 24.2 Å². The molecule has 0 bridgehead atoms. The highest BCUT2D eigenvalue weighted by Gasteiger charge is 2.37. The highest BCUT2D eigenvalue weighted by atomic mass is 32.1. The minimum atomic E-state index is -1.08. The number of aliphatic carboxylic acids is 1. The van der Waals surface area contributed by atoms with Crippen LogP contribution in [0.4, 0.5) is 5.69 Å². The number of carbonyl (C=O) groups excluding carboxylic acids is 1. The zero-order chi connectivity index (χ0) is 23.4. The molecule has 166 valence electrons. The molecule has 4 rings (SSSR count). The van der Waals surface area contributed by atoms with Crippen LogP contribution in [0, 0.1) is 0 Å². The maximum absolute atomic E-state index is 13.2. The maximum atomic E-state index is 13.2. The number of nitrogens with zero attached hydrogens (tertiary/aromatic N) is 2. The van der Waals surface area contributed by atoms with Crippen molar-refractivity contribution in [2.24, 2.45) is 0 Å². The summed E-state index contributed by atoms with van der Waals surface area (Å²) in [6, 6.07) is 23.4. The van der Waals surface area contributed by atoms with Crippen molar-refractivity contribution in [2.75, 3.05) is 18.6 Å². The number of benzene rings is 3. The molecule has 3 aromatic rings. The SMILES string of the molecule is CN1C(=S)N(c2ccc(Oc3ccccc3)cc2)C(=O)/C1=C\c1ccccc1OCC(=O)O. The van der Waals surface area contributed by atoms with Gasteiger partial charge in [0.15, 0.2) is 11.7 Å². The number of ether oxygens (including phenoxy) is 2. The second-order valence-corrected chi connectivity index (χ2v) is 7.51. The highest BCUT2D eigenvalue weighted by Crippen LogP contribution is 2.31. The van der Waals surface area contributed by atoms with E-state index < -0.39 is 12.6 Å². The van der Waals surface area contributed by atoms with Crippen molar-refractivity contribution in [3.8, 4) is 17.2 Å². The Kier molecular flexibility index (Phi) is 6.37. The molecule has 0 aliphatic carbocycles. The number of carbonyl (C=O) groups is 2. The van der Waals surface area contributed by atoms with Gasteiger partial charge in [-0.3, -0.25) is 9.69 Å². The van der Waals surface area contributed by atoms with Gasteiger partial charge in [0.2, 0.25) is 0 Å². The van der Waals surface area contributed by atoms with Gasteiger partial charge in [-0.25, -0.2) is 4.79 Å². The molecule has 8 heteroatoms. The van der Waals surface area contributed by atoms with E-state index in [9.17, 15) is 9.59 Å². The summed E-state index contributed by atoms with van der Waals surface area (Å²) in [7, 11) is 1.71. The summed E-state index contributed by atoms with van der Waals surface area (Å²) >= 11 is 5.52. The van der Waals surface area contributed by atoms with E-state index in [1.807, 2.05) is 30.3 Å². The van der Waals surface area contributed by atoms with Crippen molar-refractivity contribution in [1.29, 1.82) is 0 Å². The van der Waals surface area contributed by atoms with E-state index in [1.165, 1.54) is 4.90 Å². The lowest BCUT2D eigenvalue weighted by Gasteiger charge is -2.17. The van der Waals surface area contributed by atoms with Crippen LogP contribution in [0.2, 0.25) is 0 Å². The number of likely N-dealkylation sites (N-methyl/N-ethyl adjacent to an activating group) is 1. The lowest BCUT2D eigenvalue weighted by Crippen LogP contribution is -2.31. The fourth-order valence-corrected chi connectivity index (χ4v) is 3.58. The van der Waals surface area contributed by atoms with Crippen molar-refractivity contribution in [3.63, 3.8) is 0 Å². The number of para-hydroxylation sites is 2. The minimum absolute atomic E-state index is 0.299. The molecule has 33 heavy (non-hydrogen) atoms. The minimum Gasteiger partial charge on any atom is -0.481 e. The van der Waals surface area contributed by atoms with Crippen molar-refractivity contribution in [1.82, 2.24) is 4.90 Å². The van der Waals surface area contributed by atoms with Crippen LogP contribution < -0.4 is 14.4 Å².